The monoisotopic (exact) mass is 521 g/mol. The fourth-order valence-corrected chi connectivity index (χ4v) is 6.29. The summed E-state index contributed by atoms with van der Waals surface area (Å²) in [6.07, 6.45) is 0. The first kappa shape index (κ1) is 22.8. The number of hydrogen-bond acceptors (Lipinski definition) is 5. The Morgan fingerprint density at radius 3 is 1.75 bits per heavy atom. The Hall–Kier alpha value is -5.16. The average molecular weight is 522 g/mol. The van der Waals surface area contributed by atoms with Crippen LogP contribution in [0, 0.1) is 0 Å². The maximum absolute atomic E-state index is 14.3. The first-order chi connectivity index (χ1) is 19.4. The molecule has 5 heteroatoms. The molecule has 0 amide bonds. The molecule has 0 aliphatic carbocycles. The van der Waals surface area contributed by atoms with Crippen molar-refractivity contribution in [3.63, 3.8) is 0 Å². The second-order valence-electron chi connectivity index (χ2n) is 10.8. The number of fused-ring (bicyclic) bond motifs is 6. The highest BCUT2D eigenvalue weighted by molar-refractivity contribution is 6.05. The van der Waals surface area contributed by atoms with Gasteiger partial charge in [-0.2, -0.15) is 0 Å². The Bertz CT molecular complexity index is 2260. The maximum atomic E-state index is 14.3. The second-order valence-corrected chi connectivity index (χ2v) is 10.8. The van der Waals surface area contributed by atoms with Crippen molar-refractivity contribution in [2.24, 2.45) is 0 Å². The van der Waals surface area contributed by atoms with Crippen LogP contribution in [0.3, 0.4) is 0 Å². The third-order valence-electron chi connectivity index (χ3n) is 8.25. The van der Waals surface area contributed by atoms with Gasteiger partial charge in [0, 0.05) is 5.41 Å². The predicted octanol–water partition coefficient (Wildman–Crippen LogP) is 8.31. The zero-order valence-electron chi connectivity index (χ0n) is 21.9. The molecule has 5 nitrogen and oxygen atoms in total. The summed E-state index contributed by atoms with van der Waals surface area (Å²) in [5, 5.41) is 1.71. The summed E-state index contributed by atoms with van der Waals surface area (Å²) in [5.74, 6) is 0. The van der Waals surface area contributed by atoms with Crippen molar-refractivity contribution in [3.05, 3.63) is 135 Å². The summed E-state index contributed by atoms with van der Waals surface area (Å²) in [4.78, 5) is 29.7. The largest absolute Gasteiger partial charge is 0.456 e. The highest BCUT2D eigenvalue weighted by Crippen LogP contribution is 2.52. The van der Waals surface area contributed by atoms with Gasteiger partial charge in [-0.25, -0.2) is 0 Å². The Balaban J connectivity index is 1.47. The lowest BCUT2D eigenvalue weighted by Gasteiger charge is -2.42. The molecule has 0 spiro atoms. The summed E-state index contributed by atoms with van der Waals surface area (Å²) < 4.78 is 12.4. The minimum absolute atomic E-state index is 0.153. The van der Waals surface area contributed by atoms with Gasteiger partial charge in [0.1, 0.15) is 22.3 Å². The van der Waals surface area contributed by atoms with E-state index in [1.54, 1.807) is 36.4 Å². The van der Waals surface area contributed by atoms with E-state index in [1.807, 2.05) is 30.3 Å². The summed E-state index contributed by atoms with van der Waals surface area (Å²) in [5.41, 5.74) is 6.24. The first-order valence-corrected chi connectivity index (χ1v) is 13.3. The van der Waals surface area contributed by atoms with Gasteiger partial charge in [0.2, 0.25) is 10.9 Å². The van der Waals surface area contributed by atoms with E-state index < -0.39 is 0 Å². The fourth-order valence-electron chi connectivity index (χ4n) is 6.29. The molecule has 40 heavy (non-hydrogen) atoms. The van der Waals surface area contributed by atoms with E-state index >= 15 is 0 Å². The number of rotatable bonds is 1. The molecule has 0 N–H and O–H groups in total. The third-order valence-corrected chi connectivity index (χ3v) is 8.25. The van der Waals surface area contributed by atoms with Crippen molar-refractivity contribution in [2.45, 2.75) is 19.3 Å². The zero-order chi connectivity index (χ0) is 27.2. The van der Waals surface area contributed by atoms with Crippen molar-refractivity contribution in [3.8, 4) is 0 Å². The molecule has 0 fully saturated rings. The minimum atomic E-state index is -0.217. The molecule has 1 aliphatic heterocycles. The van der Waals surface area contributed by atoms with Crippen LogP contribution in [0.4, 0.5) is 17.1 Å². The summed E-state index contributed by atoms with van der Waals surface area (Å²) >= 11 is 0. The highest BCUT2D eigenvalue weighted by Gasteiger charge is 2.37. The molecule has 0 saturated carbocycles. The van der Waals surface area contributed by atoms with Crippen LogP contribution < -0.4 is 15.8 Å². The first-order valence-electron chi connectivity index (χ1n) is 13.3. The quantitative estimate of drug-likeness (QED) is 0.203. The van der Waals surface area contributed by atoms with E-state index in [9.17, 15) is 9.59 Å². The van der Waals surface area contributed by atoms with Crippen LogP contribution in [0.1, 0.15) is 25.0 Å². The lowest BCUT2D eigenvalue weighted by atomic mass is 9.73. The predicted molar refractivity (Wildman–Crippen MR) is 160 cm³/mol. The lowest BCUT2D eigenvalue weighted by Crippen LogP contribution is -2.30. The van der Waals surface area contributed by atoms with Gasteiger partial charge in [-0.1, -0.05) is 68.4 Å². The van der Waals surface area contributed by atoms with Gasteiger partial charge >= 0.3 is 0 Å². The van der Waals surface area contributed by atoms with Gasteiger partial charge in [0.15, 0.2) is 0 Å². The van der Waals surface area contributed by atoms with E-state index in [2.05, 4.69) is 55.1 Å². The van der Waals surface area contributed by atoms with Crippen LogP contribution in [-0.4, -0.2) is 0 Å². The molecule has 0 unspecified atom stereocenters. The second kappa shape index (κ2) is 7.93. The van der Waals surface area contributed by atoms with E-state index in [0.717, 1.165) is 17.1 Å². The summed E-state index contributed by atoms with van der Waals surface area (Å²) in [7, 11) is 0. The van der Waals surface area contributed by atoms with Gasteiger partial charge in [-0.3, -0.25) is 9.59 Å². The zero-order valence-corrected chi connectivity index (χ0v) is 21.9. The molecular weight excluding hydrogens is 498 g/mol. The van der Waals surface area contributed by atoms with E-state index in [-0.39, 0.29) is 16.3 Å². The van der Waals surface area contributed by atoms with E-state index in [4.69, 9.17) is 8.83 Å². The molecule has 1 aliphatic rings. The lowest BCUT2D eigenvalue weighted by molar-refractivity contribution is 0.632. The molecule has 0 bridgehead atoms. The number of anilines is 3. The van der Waals surface area contributed by atoms with Crippen molar-refractivity contribution >= 4 is 60.9 Å². The average Bonchev–Trinajstić information content (AvgIpc) is 2.97. The number of para-hydroxylation sites is 3. The molecular formula is C35H23NO4. The molecule has 2 aromatic heterocycles. The van der Waals surface area contributed by atoms with Crippen molar-refractivity contribution in [2.75, 3.05) is 4.90 Å². The summed E-state index contributed by atoms with van der Waals surface area (Å²) in [6, 6.07) is 32.7. The van der Waals surface area contributed by atoms with Crippen molar-refractivity contribution in [1.82, 2.24) is 0 Å². The van der Waals surface area contributed by atoms with Gasteiger partial charge < -0.3 is 13.7 Å². The number of nitrogens with zero attached hydrogens (tertiary/aromatic N) is 1. The van der Waals surface area contributed by atoms with Crippen molar-refractivity contribution in [1.29, 1.82) is 0 Å². The van der Waals surface area contributed by atoms with E-state index in [0.29, 0.717) is 43.9 Å². The van der Waals surface area contributed by atoms with Crippen LogP contribution in [0.25, 0.3) is 43.9 Å². The Morgan fingerprint density at radius 2 is 1.05 bits per heavy atom. The van der Waals surface area contributed by atoms with E-state index in [1.165, 1.54) is 11.1 Å². The molecule has 0 atom stereocenters. The maximum Gasteiger partial charge on any atom is 0.202 e. The highest BCUT2D eigenvalue weighted by atomic mass is 16.3. The molecule has 3 heterocycles. The summed E-state index contributed by atoms with van der Waals surface area (Å²) in [6.45, 7) is 4.46. The van der Waals surface area contributed by atoms with Gasteiger partial charge in [0.05, 0.1) is 38.6 Å². The fraction of sp³-hybridized carbons (Fsp3) is 0.0857. The normalized spacial score (nSPS) is 14.1. The SMILES string of the molecule is CC1(C)c2ccccc2N(c2cccc3oc4cc5c(=O)c6ccccc6oc5cc4c(=O)c23)c2ccccc21. The number of benzene rings is 5. The smallest absolute Gasteiger partial charge is 0.202 e. The molecule has 7 aromatic rings. The Labute approximate surface area is 228 Å². The Kier molecular flexibility index (Phi) is 4.52. The molecule has 5 aromatic carbocycles. The van der Waals surface area contributed by atoms with Crippen LogP contribution in [0.2, 0.25) is 0 Å². The van der Waals surface area contributed by atoms with Gasteiger partial charge in [-0.05, 0) is 59.7 Å². The molecule has 192 valence electrons. The molecule has 0 radical (unpaired) electrons. The Morgan fingerprint density at radius 1 is 0.525 bits per heavy atom. The van der Waals surface area contributed by atoms with Gasteiger partial charge in [-0.15, -0.1) is 0 Å². The number of hydrogen-bond donors (Lipinski definition) is 0. The third kappa shape index (κ3) is 2.97. The standard InChI is InChI=1S/C35H23NO4/c1-35(2)23-11-4-6-13-25(23)36(26-14-7-5-12-24(26)35)27-15-9-17-29-32(27)34(38)22-19-30-21(18-31(22)40-29)33(37)20-10-3-8-16-28(20)39-30/h3-19H,1-2H3. The molecule has 8 rings (SSSR count). The van der Waals surface area contributed by atoms with Crippen LogP contribution in [0.5, 0.6) is 0 Å². The van der Waals surface area contributed by atoms with Gasteiger partial charge in [0.25, 0.3) is 0 Å². The topological polar surface area (TPSA) is 63.7 Å². The van der Waals surface area contributed by atoms with Crippen molar-refractivity contribution < 1.29 is 8.83 Å². The van der Waals surface area contributed by atoms with Crippen LogP contribution >= 0.6 is 0 Å². The molecule has 0 saturated heterocycles. The van der Waals surface area contributed by atoms with Crippen LogP contribution in [-0.2, 0) is 5.41 Å². The van der Waals surface area contributed by atoms with Crippen LogP contribution in [0.15, 0.2) is 122 Å². The minimum Gasteiger partial charge on any atom is -0.456 e.